The van der Waals surface area contributed by atoms with Gasteiger partial charge in [0.15, 0.2) is 0 Å². The largest absolute Gasteiger partial charge is 0.288 e. The summed E-state index contributed by atoms with van der Waals surface area (Å²) in [6.07, 6.45) is 4.67. The Balaban J connectivity index is 2.78. The van der Waals surface area contributed by atoms with Crippen molar-refractivity contribution in [3.8, 4) is 0 Å². The van der Waals surface area contributed by atoms with Gasteiger partial charge in [-0.25, -0.2) is 5.48 Å². The van der Waals surface area contributed by atoms with Crippen molar-refractivity contribution in [2.75, 3.05) is 0 Å². The second kappa shape index (κ2) is 7.07. The molecular formula is C14H21NO2. The zero-order chi connectivity index (χ0) is 12.7. The summed E-state index contributed by atoms with van der Waals surface area (Å²) >= 11 is 0. The predicted octanol–water partition coefficient (Wildman–Crippen LogP) is 3.49. The zero-order valence-electron chi connectivity index (χ0n) is 10.6. The van der Waals surface area contributed by atoms with Crippen LogP contribution in [0.5, 0.6) is 0 Å². The maximum absolute atomic E-state index is 11.5. The molecule has 0 saturated carbocycles. The summed E-state index contributed by atoms with van der Waals surface area (Å²) in [7, 11) is 0. The normalized spacial score (nSPS) is 12.2. The number of nitrogens with one attached hydrogen (secondary N) is 1. The molecule has 1 unspecified atom stereocenters. The summed E-state index contributed by atoms with van der Waals surface area (Å²) < 4.78 is 0. The van der Waals surface area contributed by atoms with Crippen molar-refractivity contribution in [1.29, 1.82) is 0 Å². The molecule has 1 aromatic carbocycles. The van der Waals surface area contributed by atoms with E-state index in [0.717, 1.165) is 12.0 Å². The Hall–Kier alpha value is -1.35. The van der Waals surface area contributed by atoms with Gasteiger partial charge in [-0.1, -0.05) is 51.3 Å². The third kappa shape index (κ3) is 3.86. The molecule has 0 heterocycles. The molecule has 0 bridgehead atoms. The van der Waals surface area contributed by atoms with Crippen molar-refractivity contribution in [2.45, 2.75) is 45.4 Å². The van der Waals surface area contributed by atoms with Crippen LogP contribution in [0.2, 0.25) is 0 Å². The summed E-state index contributed by atoms with van der Waals surface area (Å²) in [4.78, 5) is 11.5. The van der Waals surface area contributed by atoms with Crippen LogP contribution in [0.4, 0.5) is 0 Å². The molecule has 3 heteroatoms. The van der Waals surface area contributed by atoms with Gasteiger partial charge in [-0.15, -0.1) is 0 Å². The highest BCUT2D eigenvalue weighted by Crippen LogP contribution is 2.25. The van der Waals surface area contributed by atoms with E-state index in [0.29, 0.717) is 11.5 Å². The molecule has 0 fully saturated rings. The average molecular weight is 235 g/mol. The summed E-state index contributed by atoms with van der Waals surface area (Å²) in [5.74, 6) is -0.0852. The minimum Gasteiger partial charge on any atom is -0.288 e. The van der Waals surface area contributed by atoms with Crippen molar-refractivity contribution >= 4 is 5.91 Å². The van der Waals surface area contributed by atoms with E-state index in [1.807, 2.05) is 18.2 Å². The van der Waals surface area contributed by atoms with Crippen LogP contribution in [0.15, 0.2) is 24.3 Å². The number of unbranched alkanes of at least 4 members (excludes halogenated alkanes) is 2. The highest BCUT2D eigenvalue weighted by Gasteiger charge is 2.14. The van der Waals surface area contributed by atoms with Crippen LogP contribution in [0, 0.1) is 0 Å². The quantitative estimate of drug-likeness (QED) is 0.450. The van der Waals surface area contributed by atoms with E-state index in [2.05, 4.69) is 13.8 Å². The highest BCUT2D eigenvalue weighted by molar-refractivity contribution is 5.95. The lowest BCUT2D eigenvalue weighted by Crippen LogP contribution is -2.20. The highest BCUT2D eigenvalue weighted by atomic mass is 16.5. The second-order valence-corrected chi connectivity index (χ2v) is 4.43. The Labute approximate surface area is 103 Å². The minimum absolute atomic E-state index is 0.343. The molecule has 0 spiro atoms. The Bertz CT molecular complexity index is 363. The van der Waals surface area contributed by atoms with Gasteiger partial charge in [0.05, 0.1) is 0 Å². The molecule has 0 aliphatic carbocycles. The molecule has 1 rings (SSSR count). The van der Waals surface area contributed by atoms with E-state index in [9.17, 15) is 4.79 Å². The third-order valence-corrected chi connectivity index (χ3v) is 3.08. The second-order valence-electron chi connectivity index (χ2n) is 4.43. The first-order chi connectivity index (χ1) is 8.20. The first-order valence-electron chi connectivity index (χ1n) is 6.24. The summed E-state index contributed by atoms with van der Waals surface area (Å²) in [5, 5.41) is 8.71. The summed E-state index contributed by atoms with van der Waals surface area (Å²) in [6.45, 7) is 4.30. The first-order valence-corrected chi connectivity index (χ1v) is 6.24. The molecule has 0 aliphatic heterocycles. The molecule has 17 heavy (non-hydrogen) atoms. The fourth-order valence-electron chi connectivity index (χ4n) is 2.05. The molecule has 2 N–H and O–H groups in total. The number of carbonyl (C=O) groups excluding carboxylic acids is 1. The number of amides is 1. The van der Waals surface area contributed by atoms with Crippen molar-refractivity contribution in [3.63, 3.8) is 0 Å². The van der Waals surface area contributed by atoms with Crippen LogP contribution in [-0.4, -0.2) is 11.1 Å². The van der Waals surface area contributed by atoms with E-state index >= 15 is 0 Å². The monoisotopic (exact) mass is 235 g/mol. The fourth-order valence-corrected chi connectivity index (χ4v) is 2.05. The van der Waals surface area contributed by atoms with Crippen LogP contribution < -0.4 is 5.48 Å². The van der Waals surface area contributed by atoms with Crippen LogP contribution in [0.1, 0.15) is 61.4 Å². The number of hydroxylamine groups is 1. The van der Waals surface area contributed by atoms with Crippen LogP contribution in [-0.2, 0) is 0 Å². The van der Waals surface area contributed by atoms with Gasteiger partial charge in [-0.2, -0.15) is 0 Å². The van der Waals surface area contributed by atoms with E-state index in [1.54, 1.807) is 11.5 Å². The third-order valence-electron chi connectivity index (χ3n) is 3.08. The predicted molar refractivity (Wildman–Crippen MR) is 68.3 cm³/mol. The van der Waals surface area contributed by atoms with Crippen molar-refractivity contribution in [1.82, 2.24) is 5.48 Å². The Morgan fingerprint density at radius 1 is 1.35 bits per heavy atom. The molecule has 1 aromatic rings. The van der Waals surface area contributed by atoms with E-state index in [4.69, 9.17) is 5.21 Å². The number of hydrogen-bond donors (Lipinski definition) is 2. The van der Waals surface area contributed by atoms with Crippen molar-refractivity contribution < 1.29 is 10.0 Å². The lowest BCUT2D eigenvalue weighted by atomic mass is 9.91. The molecule has 1 amide bonds. The summed E-state index contributed by atoms with van der Waals surface area (Å²) in [5.41, 5.74) is 3.28. The van der Waals surface area contributed by atoms with Crippen LogP contribution >= 0.6 is 0 Å². The number of rotatable bonds is 6. The molecule has 0 aromatic heterocycles. The summed E-state index contributed by atoms with van der Waals surface area (Å²) in [6, 6.07) is 7.45. The zero-order valence-corrected chi connectivity index (χ0v) is 10.6. The van der Waals surface area contributed by atoms with Gasteiger partial charge in [0.2, 0.25) is 0 Å². The van der Waals surface area contributed by atoms with Gasteiger partial charge >= 0.3 is 0 Å². The standard InChI is InChI=1S/C14H21NO2/c1-3-4-5-8-11(2)12-9-6-7-10-13(12)14(16)15-17/h6-7,9-11,17H,3-5,8H2,1-2H3,(H,15,16). The van der Waals surface area contributed by atoms with Crippen molar-refractivity contribution in [3.05, 3.63) is 35.4 Å². The fraction of sp³-hybridized carbons (Fsp3) is 0.500. The van der Waals surface area contributed by atoms with Crippen LogP contribution in [0.3, 0.4) is 0 Å². The Morgan fingerprint density at radius 2 is 2.06 bits per heavy atom. The number of benzene rings is 1. The topological polar surface area (TPSA) is 49.3 Å². The first kappa shape index (κ1) is 13.7. The molecule has 3 nitrogen and oxygen atoms in total. The average Bonchev–Trinajstić information content (AvgIpc) is 2.38. The van der Waals surface area contributed by atoms with Crippen molar-refractivity contribution in [2.24, 2.45) is 0 Å². The van der Waals surface area contributed by atoms with Gasteiger partial charge in [-0.05, 0) is 24.0 Å². The van der Waals surface area contributed by atoms with E-state index in [-0.39, 0.29) is 0 Å². The van der Waals surface area contributed by atoms with Crippen LogP contribution in [0.25, 0.3) is 0 Å². The Kier molecular flexibility index (Phi) is 5.70. The molecule has 94 valence electrons. The molecule has 0 radical (unpaired) electrons. The minimum atomic E-state index is -0.428. The van der Waals surface area contributed by atoms with E-state index < -0.39 is 5.91 Å². The molecular weight excluding hydrogens is 214 g/mol. The molecule has 0 aliphatic rings. The SMILES string of the molecule is CCCCCC(C)c1ccccc1C(=O)NO. The van der Waals surface area contributed by atoms with Gasteiger partial charge in [0.1, 0.15) is 0 Å². The van der Waals surface area contributed by atoms with Gasteiger partial charge in [0, 0.05) is 5.56 Å². The smallest absolute Gasteiger partial charge is 0.274 e. The van der Waals surface area contributed by atoms with Gasteiger partial charge < -0.3 is 0 Å². The maximum Gasteiger partial charge on any atom is 0.274 e. The lowest BCUT2D eigenvalue weighted by molar-refractivity contribution is 0.0704. The number of carbonyl (C=O) groups is 1. The van der Waals surface area contributed by atoms with Gasteiger partial charge in [0.25, 0.3) is 5.91 Å². The molecule has 0 saturated heterocycles. The lowest BCUT2D eigenvalue weighted by Gasteiger charge is -2.15. The van der Waals surface area contributed by atoms with E-state index in [1.165, 1.54) is 19.3 Å². The maximum atomic E-state index is 11.5. The van der Waals surface area contributed by atoms with Gasteiger partial charge in [-0.3, -0.25) is 10.0 Å². The Morgan fingerprint density at radius 3 is 2.71 bits per heavy atom. The number of hydrogen-bond acceptors (Lipinski definition) is 2. The molecule has 1 atom stereocenters.